The van der Waals surface area contributed by atoms with Gasteiger partial charge >= 0.3 is 5.69 Å². The number of rotatable bonds is 3. The topological polar surface area (TPSA) is 56.9 Å². The summed E-state index contributed by atoms with van der Waals surface area (Å²) in [5.74, 6) is 0. The Kier molecular flexibility index (Phi) is 3.62. The fourth-order valence-electron chi connectivity index (χ4n) is 1.10. The first-order chi connectivity index (χ1) is 6.57. The Hall–Kier alpha value is -0.910. The third-order valence-electron chi connectivity index (χ3n) is 1.90. The molecule has 5 nitrogen and oxygen atoms in total. The summed E-state index contributed by atoms with van der Waals surface area (Å²) in [6.07, 6.45) is 1.75. The molecule has 6 heteroatoms. The van der Waals surface area contributed by atoms with Crippen LogP contribution in [0.1, 0.15) is 19.8 Å². The molecule has 1 aromatic rings. The second kappa shape index (κ2) is 4.54. The molecule has 1 aromatic heterocycles. The zero-order valence-electron chi connectivity index (χ0n) is 8.16. The molecule has 0 fully saturated rings. The Morgan fingerprint density at radius 1 is 1.43 bits per heavy atom. The molecule has 0 unspecified atom stereocenters. The van der Waals surface area contributed by atoms with Crippen LogP contribution < -0.4 is 11.2 Å². The average Bonchev–Trinajstić information content (AvgIpc) is 2.15. The van der Waals surface area contributed by atoms with E-state index in [1.807, 2.05) is 6.92 Å². The summed E-state index contributed by atoms with van der Waals surface area (Å²) in [4.78, 5) is 23.0. The second-order valence-electron chi connectivity index (χ2n) is 3.01. The molecule has 0 aliphatic heterocycles. The summed E-state index contributed by atoms with van der Waals surface area (Å²) in [6, 6.07) is 0. The lowest BCUT2D eigenvalue weighted by atomic mass is 10.3. The Morgan fingerprint density at radius 2 is 2.07 bits per heavy atom. The first kappa shape index (κ1) is 11.2. The lowest BCUT2D eigenvalue weighted by Gasteiger charge is -2.05. The molecule has 0 spiro atoms. The van der Waals surface area contributed by atoms with E-state index in [0.29, 0.717) is 6.54 Å². The lowest BCUT2D eigenvalue weighted by Crippen LogP contribution is -2.40. The molecule has 0 radical (unpaired) electrons. The molecule has 0 saturated heterocycles. The number of unbranched alkanes of at least 4 members (excludes halogenated alkanes) is 1. The molecular weight excluding hydrogens is 250 g/mol. The van der Waals surface area contributed by atoms with Crippen LogP contribution in [-0.2, 0) is 13.6 Å². The van der Waals surface area contributed by atoms with Crippen LogP contribution in [0.3, 0.4) is 0 Å². The highest BCUT2D eigenvalue weighted by molar-refractivity contribution is 9.10. The van der Waals surface area contributed by atoms with E-state index >= 15 is 0 Å². The summed E-state index contributed by atoms with van der Waals surface area (Å²) >= 11 is 3.02. The molecule has 0 aliphatic rings. The van der Waals surface area contributed by atoms with Gasteiger partial charge in [0.1, 0.15) is 0 Å². The Bertz CT molecular complexity index is 401. The number of halogens is 1. The first-order valence-corrected chi connectivity index (χ1v) is 5.21. The monoisotopic (exact) mass is 261 g/mol. The van der Waals surface area contributed by atoms with E-state index < -0.39 is 0 Å². The van der Waals surface area contributed by atoms with Crippen LogP contribution >= 0.6 is 15.9 Å². The van der Waals surface area contributed by atoms with Gasteiger partial charge in [-0.3, -0.25) is 9.36 Å². The molecule has 0 amide bonds. The maximum absolute atomic E-state index is 11.5. The third kappa shape index (κ3) is 2.12. The standard InChI is InChI=1S/C8H12BrN3O2/c1-3-4-5-12-7(13)6(9)10-11(2)8(12)14/h3-5H2,1-2H3. The maximum Gasteiger partial charge on any atom is 0.347 e. The largest absolute Gasteiger partial charge is 0.347 e. The normalized spacial score (nSPS) is 10.5. The molecular formula is C8H12BrN3O2. The zero-order valence-corrected chi connectivity index (χ0v) is 9.74. The summed E-state index contributed by atoms with van der Waals surface area (Å²) in [6.45, 7) is 2.45. The Morgan fingerprint density at radius 3 is 2.64 bits per heavy atom. The van der Waals surface area contributed by atoms with E-state index in [-0.39, 0.29) is 15.9 Å². The van der Waals surface area contributed by atoms with Crippen molar-refractivity contribution in [3.8, 4) is 0 Å². The number of aromatic nitrogens is 3. The van der Waals surface area contributed by atoms with Gasteiger partial charge in [-0.05, 0) is 22.4 Å². The van der Waals surface area contributed by atoms with Crippen LogP contribution in [0.2, 0.25) is 0 Å². The first-order valence-electron chi connectivity index (χ1n) is 4.41. The summed E-state index contributed by atoms with van der Waals surface area (Å²) in [5.41, 5.74) is -0.729. The molecule has 0 N–H and O–H groups in total. The van der Waals surface area contributed by atoms with Crippen LogP contribution in [-0.4, -0.2) is 14.3 Å². The van der Waals surface area contributed by atoms with Gasteiger partial charge in [-0.2, -0.15) is 5.10 Å². The second-order valence-corrected chi connectivity index (χ2v) is 3.76. The van der Waals surface area contributed by atoms with E-state index in [1.165, 1.54) is 11.6 Å². The highest BCUT2D eigenvalue weighted by atomic mass is 79.9. The van der Waals surface area contributed by atoms with Gasteiger partial charge in [0.05, 0.1) is 0 Å². The quantitative estimate of drug-likeness (QED) is 0.797. The lowest BCUT2D eigenvalue weighted by molar-refractivity contribution is 0.517. The van der Waals surface area contributed by atoms with Crippen molar-refractivity contribution in [3.63, 3.8) is 0 Å². The molecule has 0 bridgehead atoms. The average molecular weight is 262 g/mol. The van der Waals surface area contributed by atoms with E-state index in [9.17, 15) is 9.59 Å². The molecule has 0 aliphatic carbocycles. The molecule has 0 aromatic carbocycles. The third-order valence-corrected chi connectivity index (χ3v) is 2.40. The molecule has 0 saturated carbocycles. The fourth-order valence-corrected chi connectivity index (χ4v) is 1.56. The van der Waals surface area contributed by atoms with Gasteiger partial charge < -0.3 is 0 Å². The van der Waals surface area contributed by atoms with Gasteiger partial charge in [-0.25, -0.2) is 9.48 Å². The van der Waals surface area contributed by atoms with Gasteiger partial charge in [-0.1, -0.05) is 13.3 Å². The van der Waals surface area contributed by atoms with Gasteiger partial charge in [-0.15, -0.1) is 0 Å². The highest BCUT2D eigenvalue weighted by Crippen LogP contribution is 1.94. The minimum Gasteiger partial charge on any atom is -0.266 e. The minimum absolute atomic E-state index is 0.177. The molecule has 14 heavy (non-hydrogen) atoms. The predicted molar refractivity (Wildman–Crippen MR) is 56.3 cm³/mol. The highest BCUT2D eigenvalue weighted by Gasteiger charge is 2.07. The maximum atomic E-state index is 11.5. The van der Waals surface area contributed by atoms with Crippen molar-refractivity contribution in [2.24, 2.45) is 7.05 Å². The van der Waals surface area contributed by atoms with Crippen LogP contribution in [0.25, 0.3) is 0 Å². The molecule has 78 valence electrons. The summed E-state index contributed by atoms with van der Waals surface area (Å²) in [7, 11) is 1.52. The summed E-state index contributed by atoms with van der Waals surface area (Å²) < 4.78 is 2.53. The van der Waals surface area contributed by atoms with E-state index in [4.69, 9.17) is 0 Å². The molecule has 1 heterocycles. The smallest absolute Gasteiger partial charge is 0.266 e. The number of hydrogen-bond acceptors (Lipinski definition) is 3. The number of aryl methyl sites for hydroxylation is 1. The van der Waals surface area contributed by atoms with Crippen molar-refractivity contribution in [1.29, 1.82) is 0 Å². The predicted octanol–water partition coefficient (Wildman–Crippen LogP) is 0.505. The van der Waals surface area contributed by atoms with E-state index in [2.05, 4.69) is 21.0 Å². The van der Waals surface area contributed by atoms with E-state index in [0.717, 1.165) is 17.5 Å². The van der Waals surface area contributed by atoms with Gasteiger partial charge in [0.15, 0.2) is 4.60 Å². The van der Waals surface area contributed by atoms with Crippen molar-refractivity contribution in [2.45, 2.75) is 26.3 Å². The van der Waals surface area contributed by atoms with Gasteiger partial charge in [0.25, 0.3) is 5.56 Å². The Labute approximate surface area is 89.5 Å². The van der Waals surface area contributed by atoms with Gasteiger partial charge in [0, 0.05) is 13.6 Å². The van der Waals surface area contributed by atoms with Crippen LogP contribution in [0, 0.1) is 0 Å². The molecule has 1 rings (SSSR count). The SMILES string of the molecule is CCCCn1c(=O)c(Br)nn(C)c1=O. The van der Waals surface area contributed by atoms with Crippen molar-refractivity contribution in [1.82, 2.24) is 14.3 Å². The van der Waals surface area contributed by atoms with Crippen molar-refractivity contribution in [3.05, 3.63) is 25.4 Å². The summed E-state index contributed by atoms with van der Waals surface area (Å²) in [5, 5.41) is 3.73. The van der Waals surface area contributed by atoms with Crippen molar-refractivity contribution < 1.29 is 0 Å². The van der Waals surface area contributed by atoms with Crippen molar-refractivity contribution in [2.75, 3.05) is 0 Å². The molecule has 0 atom stereocenters. The van der Waals surface area contributed by atoms with E-state index in [1.54, 1.807) is 0 Å². The van der Waals surface area contributed by atoms with Crippen LogP contribution in [0.4, 0.5) is 0 Å². The number of nitrogens with zero attached hydrogens (tertiary/aromatic N) is 3. The fraction of sp³-hybridized carbons (Fsp3) is 0.625. The minimum atomic E-state index is -0.369. The zero-order chi connectivity index (χ0) is 10.7. The van der Waals surface area contributed by atoms with Gasteiger partial charge in [0.2, 0.25) is 0 Å². The Balaban J connectivity index is 3.26. The van der Waals surface area contributed by atoms with Crippen LogP contribution in [0.5, 0.6) is 0 Å². The van der Waals surface area contributed by atoms with Crippen LogP contribution in [0.15, 0.2) is 14.2 Å². The number of hydrogen-bond donors (Lipinski definition) is 0. The van der Waals surface area contributed by atoms with Crippen molar-refractivity contribution >= 4 is 15.9 Å².